The van der Waals surface area contributed by atoms with Crippen molar-refractivity contribution in [3.05, 3.63) is 51.7 Å². The van der Waals surface area contributed by atoms with Gasteiger partial charge in [-0.05, 0) is 41.1 Å². The van der Waals surface area contributed by atoms with Gasteiger partial charge in [0.25, 0.3) is 0 Å². The lowest BCUT2D eigenvalue weighted by Gasteiger charge is -2.28. The zero-order valence-corrected chi connectivity index (χ0v) is 13.3. The number of amides is 2. The van der Waals surface area contributed by atoms with E-state index in [9.17, 15) is 9.59 Å². The molecule has 0 bridgehead atoms. The Kier molecular flexibility index (Phi) is 4.24. The van der Waals surface area contributed by atoms with Crippen LogP contribution in [-0.2, 0) is 29.0 Å². The van der Waals surface area contributed by atoms with Crippen molar-refractivity contribution >= 4 is 28.8 Å². The zero-order valence-electron chi connectivity index (χ0n) is 12.5. The maximum atomic E-state index is 12.1. The Morgan fingerprint density at radius 1 is 1.27 bits per heavy atom. The molecule has 0 aliphatic carbocycles. The van der Waals surface area contributed by atoms with Crippen molar-refractivity contribution in [2.45, 2.75) is 26.3 Å². The van der Waals surface area contributed by atoms with Gasteiger partial charge >= 0.3 is 0 Å². The monoisotopic (exact) mass is 314 g/mol. The van der Waals surface area contributed by atoms with Crippen LogP contribution in [0.1, 0.15) is 22.9 Å². The predicted octanol–water partition coefficient (Wildman–Crippen LogP) is 2.83. The van der Waals surface area contributed by atoms with Gasteiger partial charge in [0.2, 0.25) is 11.8 Å². The molecule has 0 saturated carbocycles. The number of carbonyl (C=O) groups excluding carboxylic acids is 2. The molecule has 0 radical (unpaired) electrons. The van der Waals surface area contributed by atoms with E-state index < -0.39 is 0 Å². The van der Waals surface area contributed by atoms with Crippen LogP contribution in [-0.4, -0.2) is 23.3 Å². The topological polar surface area (TPSA) is 49.4 Å². The first kappa shape index (κ1) is 14.8. The number of carbonyl (C=O) groups is 2. The molecule has 0 spiro atoms. The third-order valence-electron chi connectivity index (χ3n) is 3.86. The summed E-state index contributed by atoms with van der Waals surface area (Å²) in [6.45, 7) is 2.99. The lowest BCUT2D eigenvalue weighted by molar-refractivity contribution is -0.129. The van der Waals surface area contributed by atoms with E-state index in [2.05, 4.69) is 5.32 Å². The largest absolute Gasteiger partial charge is 0.338 e. The third kappa shape index (κ3) is 3.36. The fourth-order valence-corrected chi connectivity index (χ4v) is 3.38. The van der Waals surface area contributed by atoms with E-state index in [0.29, 0.717) is 13.0 Å². The maximum absolute atomic E-state index is 12.1. The number of hydrogen-bond donors (Lipinski definition) is 1. The quantitative estimate of drug-likeness (QED) is 0.947. The maximum Gasteiger partial charge on any atom is 0.229 e. The minimum Gasteiger partial charge on any atom is -0.338 e. The molecule has 2 aromatic rings. The molecule has 0 saturated heterocycles. The number of nitrogens with zero attached hydrogens (tertiary/aromatic N) is 1. The van der Waals surface area contributed by atoms with Crippen LogP contribution in [0.25, 0.3) is 0 Å². The molecule has 2 heterocycles. The summed E-state index contributed by atoms with van der Waals surface area (Å²) < 4.78 is 0. The van der Waals surface area contributed by atoms with Crippen LogP contribution in [0.4, 0.5) is 5.69 Å². The molecule has 1 N–H and O–H groups in total. The van der Waals surface area contributed by atoms with Gasteiger partial charge in [-0.1, -0.05) is 12.1 Å². The normalized spacial score (nSPS) is 13.6. The number of benzene rings is 1. The molecular weight excluding hydrogens is 296 g/mol. The highest BCUT2D eigenvalue weighted by Crippen LogP contribution is 2.23. The van der Waals surface area contributed by atoms with E-state index in [1.54, 1.807) is 18.3 Å². The first-order valence-corrected chi connectivity index (χ1v) is 8.19. The Hall–Kier alpha value is -2.14. The SMILES string of the molecule is CC(=O)N1CCc2ccc(NC(=O)Cc3cccs3)cc2C1. The molecule has 1 aromatic heterocycles. The van der Waals surface area contributed by atoms with Gasteiger partial charge in [-0.25, -0.2) is 0 Å². The Morgan fingerprint density at radius 3 is 2.86 bits per heavy atom. The fraction of sp³-hybridized carbons (Fsp3) is 0.294. The molecule has 22 heavy (non-hydrogen) atoms. The molecule has 1 aliphatic rings. The number of fused-ring (bicyclic) bond motifs is 1. The average Bonchev–Trinajstić information content (AvgIpc) is 2.99. The predicted molar refractivity (Wildman–Crippen MR) is 87.9 cm³/mol. The second-order valence-corrected chi connectivity index (χ2v) is 6.51. The van der Waals surface area contributed by atoms with Crippen LogP contribution in [0.15, 0.2) is 35.7 Å². The molecular formula is C17H18N2O2S. The van der Waals surface area contributed by atoms with Crippen molar-refractivity contribution in [2.24, 2.45) is 0 Å². The average molecular weight is 314 g/mol. The Morgan fingerprint density at radius 2 is 2.14 bits per heavy atom. The van der Waals surface area contributed by atoms with Crippen LogP contribution in [0.5, 0.6) is 0 Å². The highest BCUT2D eigenvalue weighted by atomic mass is 32.1. The van der Waals surface area contributed by atoms with E-state index >= 15 is 0 Å². The number of anilines is 1. The standard InChI is InChI=1S/C17H18N2O2S/c1-12(20)19-7-6-13-4-5-15(9-14(13)11-19)18-17(21)10-16-3-2-8-22-16/h2-5,8-9H,6-7,10-11H2,1H3,(H,18,21). The van der Waals surface area contributed by atoms with Crippen LogP contribution in [0, 0.1) is 0 Å². The van der Waals surface area contributed by atoms with Crippen molar-refractivity contribution in [2.75, 3.05) is 11.9 Å². The molecule has 0 fully saturated rings. The number of rotatable bonds is 3. The van der Waals surface area contributed by atoms with Gasteiger partial charge in [0.05, 0.1) is 6.42 Å². The van der Waals surface area contributed by atoms with Gasteiger partial charge in [0, 0.05) is 30.6 Å². The van der Waals surface area contributed by atoms with E-state index in [1.807, 2.05) is 40.6 Å². The molecule has 0 atom stereocenters. The third-order valence-corrected chi connectivity index (χ3v) is 4.74. The highest BCUT2D eigenvalue weighted by Gasteiger charge is 2.18. The van der Waals surface area contributed by atoms with Crippen molar-refractivity contribution in [1.82, 2.24) is 4.90 Å². The van der Waals surface area contributed by atoms with Gasteiger partial charge in [-0.15, -0.1) is 11.3 Å². The fourth-order valence-electron chi connectivity index (χ4n) is 2.68. The van der Waals surface area contributed by atoms with Crippen LogP contribution >= 0.6 is 11.3 Å². The van der Waals surface area contributed by atoms with Crippen molar-refractivity contribution in [3.63, 3.8) is 0 Å². The molecule has 2 amide bonds. The van der Waals surface area contributed by atoms with Gasteiger partial charge in [0.15, 0.2) is 0 Å². The van der Waals surface area contributed by atoms with Crippen molar-refractivity contribution in [1.29, 1.82) is 0 Å². The smallest absolute Gasteiger partial charge is 0.229 e. The first-order chi connectivity index (χ1) is 10.6. The molecule has 1 aliphatic heterocycles. The second kappa shape index (κ2) is 6.32. The molecule has 3 rings (SSSR count). The molecule has 114 valence electrons. The van der Waals surface area contributed by atoms with Crippen molar-refractivity contribution < 1.29 is 9.59 Å². The number of thiophene rings is 1. The van der Waals surface area contributed by atoms with Crippen LogP contribution in [0.3, 0.4) is 0 Å². The summed E-state index contributed by atoms with van der Waals surface area (Å²) in [5.41, 5.74) is 3.18. The minimum atomic E-state index is -0.0124. The Bertz CT molecular complexity index is 695. The summed E-state index contributed by atoms with van der Waals surface area (Å²) in [6.07, 6.45) is 1.27. The lowest BCUT2D eigenvalue weighted by atomic mass is 9.99. The molecule has 5 heteroatoms. The highest BCUT2D eigenvalue weighted by molar-refractivity contribution is 7.10. The van der Waals surface area contributed by atoms with E-state index in [0.717, 1.165) is 29.1 Å². The second-order valence-electron chi connectivity index (χ2n) is 5.48. The molecule has 4 nitrogen and oxygen atoms in total. The van der Waals surface area contributed by atoms with Gasteiger partial charge < -0.3 is 10.2 Å². The molecule has 1 aromatic carbocycles. The van der Waals surface area contributed by atoms with E-state index in [4.69, 9.17) is 0 Å². The Labute approximate surface area is 133 Å². The molecule has 0 unspecified atom stereocenters. The summed E-state index contributed by atoms with van der Waals surface area (Å²) in [4.78, 5) is 26.4. The summed E-state index contributed by atoms with van der Waals surface area (Å²) in [7, 11) is 0. The summed E-state index contributed by atoms with van der Waals surface area (Å²) in [5, 5.41) is 4.91. The first-order valence-electron chi connectivity index (χ1n) is 7.31. The van der Waals surface area contributed by atoms with Crippen LogP contribution in [0.2, 0.25) is 0 Å². The zero-order chi connectivity index (χ0) is 15.5. The minimum absolute atomic E-state index is 0.0124. The van der Waals surface area contributed by atoms with Gasteiger partial charge in [-0.2, -0.15) is 0 Å². The number of nitrogens with one attached hydrogen (secondary N) is 1. The number of hydrogen-bond acceptors (Lipinski definition) is 3. The summed E-state index contributed by atoms with van der Waals surface area (Å²) in [6, 6.07) is 9.88. The lowest BCUT2D eigenvalue weighted by Crippen LogP contribution is -2.34. The van der Waals surface area contributed by atoms with Crippen molar-refractivity contribution in [3.8, 4) is 0 Å². The summed E-state index contributed by atoms with van der Waals surface area (Å²) >= 11 is 1.58. The van der Waals surface area contributed by atoms with E-state index in [-0.39, 0.29) is 11.8 Å². The van der Waals surface area contributed by atoms with Crippen LogP contribution < -0.4 is 5.32 Å². The van der Waals surface area contributed by atoms with Gasteiger partial charge in [-0.3, -0.25) is 9.59 Å². The van der Waals surface area contributed by atoms with Gasteiger partial charge in [0.1, 0.15) is 0 Å². The Balaban J connectivity index is 1.69. The summed E-state index contributed by atoms with van der Waals surface area (Å²) in [5.74, 6) is 0.0828. The van der Waals surface area contributed by atoms with E-state index in [1.165, 1.54) is 5.56 Å².